The van der Waals surface area contributed by atoms with Gasteiger partial charge in [-0.15, -0.1) is 0 Å². The van der Waals surface area contributed by atoms with Gasteiger partial charge in [0.15, 0.2) is 0 Å². The summed E-state index contributed by atoms with van der Waals surface area (Å²) < 4.78 is 6.54. The van der Waals surface area contributed by atoms with Gasteiger partial charge >= 0.3 is 0 Å². The zero-order valence-corrected chi connectivity index (χ0v) is 12.2. The summed E-state index contributed by atoms with van der Waals surface area (Å²) in [5, 5.41) is 7.02. The summed E-state index contributed by atoms with van der Waals surface area (Å²) in [6.07, 6.45) is 2.38. The van der Waals surface area contributed by atoms with Crippen molar-refractivity contribution < 1.29 is 4.74 Å². The van der Waals surface area contributed by atoms with Crippen LogP contribution in [0.2, 0.25) is 0 Å². The van der Waals surface area contributed by atoms with E-state index in [0.717, 1.165) is 29.0 Å². The molecule has 1 spiro atoms. The number of fused-ring (bicyclic) bond motifs is 2. The number of benzene rings is 1. The fraction of sp³-hybridized carbons (Fsp3) is 0.500. The second-order valence-corrected chi connectivity index (χ2v) is 6.40. The van der Waals surface area contributed by atoms with Crippen molar-refractivity contribution >= 4 is 27.5 Å². The fourth-order valence-electron chi connectivity index (χ4n) is 3.08. The first-order valence-corrected chi connectivity index (χ1v) is 7.54. The summed E-state index contributed by atoms with van der Waals surface area (Å²) in [4.78, 5) is 4.97. The minimum Gasteiger partial charge on any atom is -0.375 e. The Kier molecular flexibility index (Phi) is 2.69. The first-order chi connectivity index (χ1) is 9.27. The molecule has 100 valence electrons. The molecule has 4 rings (SSSR count). The molecular weight excluding hydrogens is 306 g/mol. The molecule has 2 fully saturated rings. The average Bonchev–Trinajstić information content (AvgIpc) is 2.88. The van der Waals surface area contributed by atoms with E-state index in [0.29, 0.717) is 19.3 Å². The number of hydrogen-bond acceptors (Lipinski definition) is 4. The fourth-order valence-corrected chi connectivity index (χ4v) is 3.44. The van der Waals surface area contributed by atoms with Crippen molar-refractivity contribution in [1.82, 2.24) is 5.32 Å². The molecule has 0 aromatic heterocycles. The number of nitrogens with zero attached hydrogens (tertiary/aromatic N) is 1. The number of rotatable bonds is 1. The predicted molar refractivity (Wildman–Crippen MR) is 78.7 cm³/mol. The number of ether oxygens (including phenoxy) is 1. The number of anilines is 1. The molecule has 1 atom stereocenters. The Morgan fingerprint density at radius 3 is 2.95 bits per heavy atom. The molecule has 3 aliphatic heterocycles. The quantitative estimate of drug-likeness (QED) is 0.834. The Balaban J connectivity index is 1.77. The lowest BCUT2D eigenvalue weighted by atomic mass is 9.85. The summed E-state index contributed by atoms with van der Waals surface area (Å²) in [5.74, 6) is 1.08. The summed E-state index contributed by atoms with van der Waals surface area (Å²) in [7, 11) is 0. The van der Waals surface area contributed by atoms with Crippen molar-refractivity contribution in [1.29, 1.82) is 0 Å². The van der Waals surface area contributed by atoms with Crippen LogP contribution in [0.3, 0.4) is 0 Å². The molecule has 4 nitrogen and oxygen atoms in total. The zero-order valence-electron chi connectivity index (χ0n) is 10.6. The lowest BCUT2D eigenvalue weighted by molar-refractivity contribution is -0.0556. The second-order valence-electron chi connectivity index (χ2n) is 5.49. The Morgan fingerprint density at radius 2 is 2.26 bits per heavy atom. The van der Waals surface area contributed by atoms with Crippen LogP contribution in [-0.4, -0.2) is 31.6 Å². The van der Waals surface area contributed by atoms with E-state index < -0.39 is 0 Å². The van der Waals surface area contributed by atoms with Gasteiger partial charge in [0.2, 0.25) is 0 Å². The van der Waals surface area contributed by atoms with Crippen LogP contribution in [-0.2, 0) is 10.3 Å². The van der Waals surface area contributed by atoms with E-state index in [1.165, 1.54) is 12.0 Å². The molecule has 1 unspecified atom stereocenters. The van der Waals surface area contributed by atoms with Crippen LogP contribution in [0.15, 0.2) is 27.7 Å². The summed E-state index contributed by atoms with van der Waals surface area (Å²) >= 11 is 3.54. The van der Waals surface area contributed by atoms with Gasteiger partial charge in [-0.1, -0.05) is 22.0 Å². The molecule has 2 N–H and O–H groups in total. The maximum Gasteiger partial charge on any atom is 0.136 e. The maximum atomic E-state index is 5.45. The third-order valence-electron chi connectivity index (χ3n) is 4.15. The smallest absolute Gasteiger partial charge is 0.136 e. The monoisotopic (exact) mass is 321 g/mol. The van der Waals surface area contributed by atoms with Gasteiger partial charge in [-0.2, -0.15) is 0 Å². The molecule has 0 bridgehead atoms. The largest absolute Gasteiger partial charge is 0.375 e. The van der Waals surface area contributed by atoms with Crippen molar-refractivity contribution in [2.75, 3.05) is 25.1 Å². The van der Waals surface area contributed by atoms with Gasteiger partial charge in [0, 0.05) is 15.7 Å². The highest BCUT2D eigenvalue weighted by atomic mass is 79.9. The molecule has 0 aliphatic carbocycles. The molecule has 1 aromatic rings. The highest BCUT2D eigenvalue weighted by Crippen LogP contribution is 2.42. The van der Waals surface area contributed by atoms with Crippen molar-refractivity contribution in [2.24, 2.45) is 4.99 Å². The number of amidine groups is 1. The Labute approximate surface area is 120 Å². The van der Waals surface area contributed by atoms with Crippen LogP contribution in [0.4, 0.5) is 5.69 Å². The van der Waals surface area contributed by atoms with Crippen LogP contribution < -0.4 is 10.6 Å². The molecule has 0 radical (unpaired) electrons. The lowest BCUT2D eigenvalue weighted by Crippen LogP contribution is -2.51. The molecule has 0 saturated carbocycles. The molecule has 19 heavy (non-hydrogen) atoms. The third-order valence-corrected chi connectivity index (χ3v) is 4.65. The number of nitrogens with one attached hydrogen (secondary N) is 2. The predicted octanol–water partition coefficient (Wildman–Crippen LogP) is 2.25. The van der Waals surface area contributed by atoms with Crippen LogP contribution in [0.25, 0.3) is 0 Å². The maximum absolute atomic E-state index is 5.45. The molecule has 3 aliphatic rings. The van der Waals surface area contributed by atoms with E-state index in [4.69, 9.17) is 9.73 Å². The van der Waals surface area contributed by atoms with Gasteiger partial charge < -0.3 is 15.4 Å². The van der Waals surface area contributed by atoms with E-state index in [-0.39, 0.29) is 5.54 Å². The standard InChI is InChI=1S/C14H16BrN3O/c15-9-3-4-10-12(6-9)17-13(11-2-1-5-16-11)18-14(10)7-19-8-14/h3-4,6,11,16H,1-2,5,7-8H2,(H,17,18). The highest BCUT2D eigenvalue weighted by molar-refractivity contribution is 9.10. The van der Waals surface area contributed by atoms with E-state index in [9.17, 15) is 0 Å². The minimum atomic E-state index is -0.152. The topological polar surface area (TPSA) is 45.7 Å². The van der Waals surface area contributed by atoms with Gasteiger partial charge in [-0.05, 0) is 31.5 Å². The normalized spacial score (nSPS) is 27.4. The number of halogens is 1. The van der Waals surface area contributed by atoms with Gasteiger partial charge in [0.25, 0.3) is 0 Å². The van der Waals surface area contributed by atoms with Crippen LogP contribution >= 0.6 is 15.9 Å². The van der Waals surface area contributed by atoms with Crippen LogP contribution in [0, 0.1) is 0 Å². The van der Waals surface area contributed by atoms with E-state index in [1.54, 1.807) is 0 Å². The molecule has 1 aromatic carbocycles. The van der Waals surface area contributed by atoms with Crippen LogP contribution in [0.1, 0.15) is 18.4 Å². The van der Waals surface area contributed by atoms with Gasteiger partial charge in [-0.25, -0.2) is 0 Å². The number of aliphatic imine (C=N–C) groups is 1. The highest BCUT2D eigenvalue weighted by Gasteiger charge is 2.45. The molecule has 3 heterocycles. The number of hydrogen-bond donors (Lipinski definition) is 2. The second kappa shape index (κ2) is 4.30. The molecule has 2 saturated heterocycles. The van der Waals surface area contributed by atoms with Crippen molar-refractivity contribution in [3.63, 3.8) is 0 Å². The van der Waals surface area contributed by atoms with E-state index in [2.05, 4.69) is 44.8 Å². The molecular formula is C14H16BrN3O. The molecule has 5 heteroatoms. The average molecular weight is 322 g/mol. The SMILES string of the molecule is Brc1ccc2c(c1)NC(C1CCCN1)=NC21COC1. The van der Waals surface area contributed by atoms with Crippen molar-refractivity contribution in [3.05, 3.63) is 28.2 Å². The Hall–Kier alpha value is -0.910. The van der Waals surface area contributed by atoms with Crippen molar-refractivity contribution in [2.45, 2.75) is 24.4 Å². The van der Waals surface area contributed by atoms with Gasteiger partial charge in [0.1, 0.15) is 11.4 Å². The first-order valence-electron chi connectivity index (χ1n) is 6.75. The Morgan fingerprint density at radius 1 is 1.37 bits per heavy atom. The summed E-state index contributed by atoms with van der Waals surface area (Å²) in [6.45, 7) is 2.47. The van der Waals surface area contributed by atoms with Crippen LogP contribution in [0.5, 0.6) is 0 Å². The summed E-state index contributed by atoms with van der Waals surface area (Å²) in [5.41, 5.74) is 2.26. The van der Waals surface area contributed by atoms with Gasteiger partial charge in [-0.3, -0.25) is 4.99 Å². The lowest BCUT2D eigenvalue weighted by Gasteiger charge is -2.43. The Bertz CT molecular complexity index is 548. The van der Waals surface area contributed by atoms with Gasteiger partial charge in [0.05, 0.1) is 19.3 Å². The van der Waals surface area contributed by atoms with E-state index in [1.807, 2.05) is 0 Å². The minimum absolute atomic E-state index is 0.152. The summed E-state index contributed by atoms with van der Waals surface area (Å²) in [6, 6.07) is 6.73. The van der Waals surface area contributed by atoms with E-state index >= 15 is 0 Å². The van der Waals surface area contributed by atoms with Crippen molar-refractivity contribution in [3.8, 4) is 0 Å². The molecule has 0 amide bonds. The zero-order chi connectivity index (χ0) is 12.9. The third kappa shape index (κ3) is 1.83. The first kappa shape index (κ1) is 11.9.